The van der Waals surface area contributed by atoms with E-state index in [0.29, 0.717) is 39.7 Å². The number of anilines is 2. The molecule has 2 aromatic carbocycles. The van der Waals surface area contributed by atoms with E-state index in [1.807, 2.05) is 0 Å². The molecular weight excluding hydrogens is 448 g/mol. The maximum Gasteiger partial charge on any atom is 0.416 e. The van der Waals surface area contributed by atoms with Crippen LogP contribution in [0.15, 0.2) is 67.3 Å². The average Bonchev–Trinajstić information content (AvgIpc) is 3.40. The summed E-state index contributed by atoms with van der Waals surface area (Å²) in [4.78, 5) is 8.58. The smallest absolute Gasteiger partial charge is 0.352 e. The Kier molecular flexibility index (Phi) is 5.07. The van der Waals surface area contributed by atoms with E-state index in [1.54, 1.807) is 54.9 Å². The van der Waals surface area contributed by atoms with Gasteiger partial charge in [0.15, 0.2) is 11.5 Å². The van der Waals surface area contributed by atoms with E-state index in [1.165, 1.54) is 23.1 Å². The molecule has 6 nitrogen and oxygen atoms in total. The first-order valence-corrected chi connectivity index (χ1v) is 10.3. The zero-order chi connectivity index (χ0) is 24.0. The second kappa shape index (κ2) is 7.98. The maximum absolute atomic E-state index is 14.8. The van der Waals surface area contributed by atoms with Crippen molar-refractivity contribution in [1.29, 1.82) is 0 Å². The molecule has 5 rings (SSSR count). The van der Waals surface area contributed by atoms with E-state index in [9.17, 15) is 17.6 Å². The van der Waals surface area contributed by atoms with Gasteiger partial charge in [0.2, 0.25) is 0 Å². The highest BCUT2D eigenvalue weighted by molar-refractivity contribution is 5.77. The fourth-order valence-corrected chi connectivity index (χ4v) is 3.76. The second-order valence-corrected chi connectivity index (χ2v) is 7.82. The standard InChI is InChI=1S/C24H18F4N6/c1-14-5-6-16(24(26,27)28)10-18(14)21-12-33-9-3-4-20(23(33)32-21)31-17-7-8-22(19(25)11-17)34-15(2)29-13-30-34/h3-13,31H,1-2H3. The van der Waals surface area contributed by atoms with Gasteiger partial charge >= 0.3 is 6.18 Å². The summed E-state index contributed by atoms with van der Waals surface area (Å²) in [7, 11) is 0. The lowest BCUT2D eigenvalue weighted by Crippen LogP contribution is -2.05. The molecule has 3 heterocycles. The van der Waals surface area contributed by atoms with Crippen LogP contribution in [0.1, 0.15) is 17.0 Å². The molecule has 0 amide bonds. The van der Waals surface area contributed by atoms with Crippen LogP contribution in [0.5, 0.6) is 0 Å². The third-order valence-electron chi connectivity index (χ3n) is 5.50. The predicted molar refractivity (Wildman–Crippen MR) is 120 cm³/mol. The van der Waals surface area contributed by atoms with Gasteiger partial charge in [0.25, 0.3) is 0 Å². The molecule has 0 aliphatic carbocycles. The number of halogens is 4. The Labute approximate surface area is 191 Å². The fraction of sp³-hybridized carbons (Fsp3) is 0.125. The number of nitrogens with one attached hydrogen (secondary N) is 1. The number of benzene rings is 2. The summed E-state index contributed by atoms with van der Waals surface area (Å²) >= 11 is 0. The van der Waals surface area contributed by atoms with Crippen LogP contribution in [0.25, 0.3) is 22.6 Å². The Balaban J connectivity index is 1.51. The minimum Gasteiger partial charge on any atom is -0.352 e. The molecule has 5 aromatic rings. The van der Waals surface area contributed by atoms with Crippen molar-refractivity contribution < 1.29 is 17.6 Å². The van der Waals surface area contributed by atoms with Crippen LogP contribution in [0.3, 0.4) is 0 Å². The minimum atomic E-state index is -4.45. The number of hydrogen-bond donors (Lipinski definition) is 1. The van der Waals surface area contributed by atoms with E-state index in [4.69, 9.17) is 0 Å². The summed E-state index contributed by atoms with van der Waals surface area (Å²) < 4.78 is 57.6. The van der Waals surface area contributed by atoms with Crippen molar-refractivity contribution >= 4 is 17.0 Å². The Bertz CT molecular complexity index is 1520. The van der Waals surface area contributed by atoms with Crippen molar-refractivity contribution in [3.05, 3.63) is 90.0 Å². The Morgan fingerprint density at radius 3 is 2.53 bits per heavy atom. The highest BCUT2D eigenvalue weighted by atomic mass is 19.4. The van der Waals surface area contributed by atoms with Crippen molar-refractivity contribution in [2.45, 2.75) is 20.0 Å². The molecule has 0 unspecified atom stereocenters. The van der Waals surface area contributed by atoms with Crippen molar-refractivity contribution in [3.8, 4) is 16.9 Å². The summed E-state index contributed by atoms with van der Waals surface area (Å²) in [5, 5.41) is 7.16. The number of rotatable bonds is 4. The first-order valence-electron chi connectivity index (χ1n) is 10.3. The van der Waals surface area contributed by atoms with E-state index in [0.717, 1.165) is 12.1 Å². The Morgan fingerprint density at radius 2 is 1.82 bits per heavy atom. The van der Waals surface area contributed by atoms with E-state index in [-0.39, 0.29) is 5.69 Å². The van der Waals surface area contributed by atoms with Crippen molar-refractivity contribution in [2.24, 2.45) is 0 Å². The topological polar surface area (TPSA) is 60.0 Å². The molecule has 0 radical (unpaired) electrons. The normalized spacial score (nSPS) is 11.8. The number of aromatic nitrogens is 5. The molecule has 10 heteroatoms. The van der Waals surface area contributed by atoms with Gasteiger partial charge in [0.05, 0.1) is 16.9 Å². The monoisotopic (exact) mass is 466 g/mol. The molecule has 0 atom stereocenters. The molecule has 0 saturated heterocycles. The Morgan fingerprint density at radius 1 is 1.00 bits per heavy atom. The van der Waals surface area contributed by atoms with Crippen LogP contribution < -0.4 is 5.32 Å². The first kappa shape index (κ1) is 21.6. The van der Waals surface area contributed by atoms with Gasteiger partial charge in [0, 0.05) is 23.6 Å². The molecule has 3 aromatic heterocycles. The van der Waals surface area contributed by atoms with E-state index in [2.05, 4.69) is 20.4 Å². The highest BCUT2D eigenvalue weighted by Gasteiger charge is 2.31. The number of imidazole rings is 1. The lowest BCUT2D eigenvalue weighted by Gasteiger charge is -2.10. The number of nitrogens with zero attached hydrogens (tertiary/aromatic N) is 5. The van der Waals surface area contributed by atoms with E-state index >= 15 is 0 Å². The number of pyridine rings is 1. The zero-order valence-corrected chi connectivity index (χ0v) is 18.1. The quantitative estimate of drug-likeness (QED) is 0.325. The number of alkyl halides is 3. The maximum atomic E-state index is 14.8. The van der Waals surface area contributed by atoms with Gasteiger partial charge in [0.1, 0.15) is 17.8 Å². The van der Waals surface area contributed by atoms with Crippen LogP contribution in [0.4, 0.5) is 28.9 Å². The molecular formula is C24H18F4N6. The van der Waals surface area contributed by atoms with Gasteiger partial charge in [-0.05, 0) is 61.9 Å². The summed E-state index contributed by atoms with van der Waals surface area (Å²) in [6.07, 6.45) is 0.316. The first-order chi connectivity index (χ1) is 16.2. The SMILES string of the molecule is Cc1ccc(C(F)(F)F)cc1-c1cn2cccc(Nc3ccc(-n4ncnc4C)c(F)c3)c2n1. The van der Waals surface area contributed by atoms with Gasteiger partial charge in [-0.25, -0.2) is 19.0 Å². The molecule has 1 N–H and O–H groups in total. The van der Waals surface area contributed by atoms with Gasteiger partial charge in [-0.3, -0.25) is 0 Å². The summed E-state index contributed by atoms with van der Waals surface area (Å²) in [6, 6.07) is 11.7. The van der Waals surface area contributed by atoms with Gasteiger partial charge in [-0.15, -0.1) is 0 Å². The van der Waals surface area contributed by atoms with Gasteiger partial charge < -0.3 is 9.72 Å². The highest BCUT2D eigenvalue weighted by Crippen LogP contribution is 2.34. The lowest BCUT2D eigenvalue weighted by atomic mass is 10.0. The third kappa shape index (κ3) is 3.87. The van der Waals surface area contributed by atoms with Gasteiger partial charge in [-0.2, -0.15) is 18.3 Å². The summed E-state index contributed by atoms with van der Waals surface area (Å²) in [6.45, 7) is 3.46. The summed E-state index contributed by atoms with van der Waals surface area (Å²) in [5.74, 6) is 0.0633. The molecule has 172 valence electrons. The van der Waals surface area contributed by atoms with Crippen LogP contribution in [-0.2, 0) is 6.18 Å². The molecule has 0 spiro atoms. The van der Waals surface area contributed by atoms with Crippen molar-refractivity contribution in [3.63, 3.8) is 0 Å². The van der Waals surface area contributed by atoms with Crippen LogP contribution in [0, 0.1) is 19.7 Å². The van der Waals surface area contributed by atoms with Crippen molar-refractivity contribution in [1.82, 2.24) is 24.1 Å². The number of aryl methyl sites for hydroxylation is 2. The number of fused-ring (bicyclic) bond motifs is 1. The van der Waals surface area contributed by atoms with Crippen LogP contribution >= 0.6 is 0 Å². The molecule has 0 aliphatic heterocycles. The molecule has 0 bridgehead atoms. The molecule has 0 saturated carbocycles. The van der Waals surface area contributed by atoms with Gasteiger partial charge in [-0.1, -0.05) is 6.07 Å². The largest absolute Gasteiger partial charge is 0.416 e. The molecule has 0 aliphatic rings. The van der Waals surface area contributed by atoms with Crippen molar-refractivity contribution in [2.75, 3.05) is 5.32 Å². The minimum absolute atomic E-state index is 0.266. The molecule has 34 heavy (non-hydrogen) atoms. The third-order valence-corrected chi connectivity index (χ3v) is 5.50. The fourth-order valence-electron chi connectivity index (χ4n) is 3.76. The zero-order valence-electron chi connectivity index (χ0n) is 18.1. The average molecular weight is 466 g/mol. The number of hydrogen-bond acceptors (Lipinski definition) is 4. The predicted octanol–water partition coefficient (Wildman–Crippen LogP) is 6.10. The van der Waals surface area contributed by atoms with Crippen LogP contribution in [-0.4, -0.2) is 24.1 Å². The Hall–Kier alpha value is -4.21. The second-order valence-electron chi connectivity index (χ2n) is 7.82. The van der Waals surface area contributed by atoms with E-state index < -0.39 is 17.6 Å². The van der Waals surface area contributed by atoms with Crippen LogP contribution in [0.2, 0.25) is 0 Å². The molecule has 0 fully saturated rings. The summed E-state index contributed by atoms with van der Waals surface area (Å²) in [5.41, 5.74) is 2.54. The lowest BCUT2D eigenvalue weighted by molar-refractivity contribution is -0.137.